The highest BCUT2D eigenvalue weighted by Gasteiger charge is 2.35. The molecule has 8 nitrogen and oxygen atoms in total. The first-order valence-electron chi connectivity index (χ1n) is 10.8. The molecule has 0 bridgehead atoms. The molecule has 0 spiro atoms. The molecule has 14 heteroatoms. The molecule has 0 N–H and O–H groups in total. The molecule has 39 heavy (non-hydrogen) atoms. The summed E-state index contributed by atoms with van der Waals surface area (Å²) >= 11 is 12.7. The van der Waals surface area contributed by atoms with Crippen LogP contribution in [-0.2, 0) is 17.5 Å². The van der Waals surface area contributed by atoms with Gasteiger partial charge in [-0.1, -0.05) is 35.3 Å². The zero-order chi connectivity index (χ0) is 28.5. The topological polar surface area (TPSA) is 99.0 Å². The van der Waals surface area contributed by atoms with Gasteiger partial charge < -0.3 is 9.47 Å². The highest BCUT2D eigenvalue weighted by molar-refractivity contribution is 8.18. The van der Waals surface area contributed by atoms with Crippen LogP contribution in [-0.4, -0.2) is 28.1 Å². The van der Waals surface area contributed by atoms with Crippen LogP contribution in [0.1, 0.15) is 16.7 Å². The lowest BCUT2D eigenvalue weighted by Gasteiger charge is -2.13. The lowest BCUT2D eigenvalue weighted by molar-refractivity contribution is -0.385. The molecule has 0 aliphatic carbocycles. The van der Waals surface area contributed by atoms with Crippen LogP contribution >= 0.6 is 35.0 Å². The lowest BCUT2D eigenvalue weighted by atomic mass is 10.1. The number of hydrogen-bond acceptors (Lipinski definition) is 7. The maximum atomic E-state index is 13.0. The largest absolute Gasteiger partial charge is 0.493 e. The van der Waals surface area contributed by atoms with Gasteiger partial charge in [0, 0.05) is 6.07 Å². The predicted octanol–water partition coefficient (Wildman–Crippen LogP) is 7.96. The second-order valence-electron chi connectivity index (χ2n) is 7.97. The summed E-state index contributed by atoms with van der Waals surface area (Å²) in [6.07, 6.45) is -3.32. The third-order valence-electron chi connectivity index (χ3n) is 5.39. The molecule has 0 aromatic heterocycles. The number of thioether (sulfide) groups is 1. The average molecular weight is 599 g/mol. The van der Waals surface area contributed by atoms with Crippen LogP contribution in [0.3, 0.4) is 0 Å². The van der Waals surface area contributed by atoms with Gasteiger partial charge in [0.05, 0.1) is 39.1 Å². The van der Waals surface area contributed by atoms with E-state index in [0.717, 1.165) is 22.7 Å². The SMILES string of the molecule is COc1cc(/C=C2/SC(=O)N(Cc3ccc(Cl)c(Cl)c3)C2=O)ccc1Oc1ccc(C(F)(F)F)cc1[N+](=O)[O-]. The number of rotatable bonds is 7. The number of nitro groups is 1. The van der Waals surface area contributed by atoms with Crippen molar-refractivity contribution in [3.8, 4) is 17.2 Å². The van der Waals surface area contributed by atoms with Crippen LogP contribution in [0.5, 0.6) is 17.2 Å². The smallest absolute Gasteiger partial charge is 0.416 e. The van der Waals surface area contributed by atoms with Crippen LogP contribution in [0.15, 0.2) is 59.5 Å². The molecule has 202 valence electrons. The van der Waals surface area contributed by atoms with Crippen LogP contribution in [0, 0.1) is 10.1 Å². The van der Waals surface area contributed by atoms with Crippen molar-refractivity contribution in [2.45, 2.75) is 12.7 Å². The second kappa shape index (κ2) is 11.2. The molecule has 1 saturated heterocycles. The number of hydrogen-bond donors (Lipinski definition) is 0. The summed E-state index contributed by atoms with van der Waals surface area (Å²) in [5, 5.41) is 11.5. The zero-order valence-corrected chi connectivity index (χ0v) is 22.0. The number of carbonyl (C=O) groups is 2. The van der Waals surface area contributed by atoms with Crippen molar-refractivity contribution in [1.29, 1.82) is 0 Å². The van der Waals surface area contributed by atoms with Gasteiger partial charge in [-0.3, -0.25) is 24.6 Å². The van der Waals surface area contributed by atoms with Gasteiger partial charge in [-0.15, -0.1) is 0 Å². The van der Waals surface area contributed by atoms with Crippen LogP contribution in [0.2, 0.25) is 10.0 Å². The Morgan fingerprint density at radius 3 is 2.36 bits per heavy atom. The molecule has 3 aromatic rings. The van der Waals surface area contributed by atoms with Crippen molar-refractivity contribution in [3.63, 3.8) is 0 Å². The number of alkyl halides is 3. The Labute approximate surface area is 233 Å². The van der Waals surface area contributed by atoms with E-state index in [2.05, 4.69) is 0 Å². The van der Waals surface area contributed by atoms with E-state index in [1.165, 1.54) is 31.4 Å². The van der Waals surface area contributed by atoms with Crippen LogP contribution < -0.4 is 9.47 Å². The summed E-state index contributed by atoms with van der Waals surface area (Å²) in [5.41, 5.74) is -1.04. The van der Waals surface area contributed by atoms with E-state index in [0.29, 0.717) is 28.3 Å². The number of nitro benzene ring substituents is 1. The molecule has 1 aliphatic rings. The monoisotopic (exact) mass is 598 g/mol. The first-order valence-corrected chi connectivity index (χ1v) is 12.4. The third kappa shape index (κ3) is 6.29. The van der Waals surface area contributed by atoms with E-state index < -0.39 is 39.2 Å². The number of ether oxygens (including phenoxy) is 2. The maximum absolute atomic E-state index is 13.0. The Hall–Kier alpha value is -3.74. The summed E-state index contributed by atoms with van der Waals surface area (Å²) in [4.78, 5) is 37.0. The van der Waals surface area contributed by atoms with E-state index in [4.69, 9.17) is 32.7 Å². The molecule has 0 saturated carbocycles. The highest BCUT2D eigenvalue weighted by atomic mass is 35.5. The Bertz CT molecular complexity index is 1530. The molecule has 2 amide bonds. The molecule has 1 heterocycles. The van der Waals surface area contributed by atoms with E-state index in [1.54, 1.807) is 18.2 Å². The fourth-order valence-corrected chi connectivity index (χ4v) is 4.67. The molecule has 1 aliphatic heterocycles. The first-order chi connectivity index (χ1) is 18.4. The fourth-order valence-electron chi connectivity index (χ4n) is 3.51. The summed E-state index contributed by atoms with van der Waals surface area (Å²) in [6.45, 7) is -0.0130. The average Bonchev–Trinajstić information content (AvgIpc) is 3.13. The quantitative estimate of drug-likeness (QED) is 0.154. The van der Waals surface area contributed by atoms with Gasteiger partial charge in [-0.2, -0.15) is 13.2 Å². The molecule has 0 radical (unpaired) electrons. The summed E-state index contributed by atoms with van der Waals surface area (Å²) in [6, 6.07) is 10.9. The van der Waals surface area contributed by atoms with E-state index in [1.807, 2.05) is 0 Å². The Balaban J connectivity index is 1.57. The van der Waals surface area contributed by atoms with Gasteiger partial charge in [0.15, 0.2) is 11.5 Å². The van der Waals surface area contributed by atoms with Crippen molar-refractivity contribution in [2.75, 3.05) is 7.11 Å². The van der Waals surface area contributed by atoms with Crippen molar-refractivity contribution < 1.29 is 37.2 Å². The van der Waals surface area contributed by atoms with Crippen LogP contribution in [0.4, 0.5) is 23.7 Å². The van der Waals surface area contributed by atoms with Crippen molar-refractivity contribution in [2.24, 2.45) is 0 Å². The second-order valence-corrected chi connectivity index (χ2v) is 9.77. The lowest BCUT2D eigenvalue weighted by Crippen LogP contribution is -2.27. The third-order valence-corrected chi connectivity index (χ3v) is 7.03. The van der Waals surface area contributed by atoms with Crippen molar-refractivity contribution in [3.05, 3.63) is 96.4 Å². The van der Waals surface area contributed by atoms with Gasteiger partial charge in [0.2, 0.25) is 5.75 Å². The first kappa shape index (κ1) is 28.3. The number of benzene rings is 3. The Morgan fingerprint density at radius 1 is 1.00 bits per heavy atom. The minimum atomic E-state index is -4.77. The predicted molar refractivity (Wildman–Crippen MR) is 139 cm³/mol. The normalized spacial score (nSPS) is 14.7. The van der Waals surface area contributed by atoms with Gasteiger partial charge >= 0.3 is 11.9 Å². The summed E-state index contributed by atoms with van der Waals surface area (Å²) < 4.78 is 49.7. The Morgan fingerprint density at radius 2 is 1.72 bits per heavy atom. The fraction of sp³-hybridized carbons (Fsp3) is 0.120. The van der Waals surface area contributed by atoms with E-state index in [9.17, 15) is 32.9 Å². The van der Waals surface area contributed by atoms with Crippen molar-refractivity contribution >= 4 is 57.9 Å². The van der Waals surface area contributed by atoms with Crippen LogP contribution in [0.25, 0.3) is 6.08 Å². The standard InChI is InChI=1S/C25H15Cl2F3N2O6S/c1-37-21-9-13(3-6-20(21)38-19-7-4-15(25(28,29)30)11-18(19)32(35)36)10-22-23(33)31(24(34)39-22)12-14-2-5-16(26)17(27)8-14/h2-11H,12H2,1H3/b22-10+. The minimum absolute atomic E-state index is 0.0130. The van der Waals surface area contributed by atoms with Crippen molar-refractivity contribution in [1.82, 2.24) is 4.90 Å². The number of imide groups is 1. The Kier molecular flexibility index (Phi) is 8.09. The van der Waals surface area contributed by atoms with E-state index in [-0.39, 0.29) is 28.0 Å². The molecule has 0 atom stereocenters. The number of nitrogens with zero attached hydrogens (tertiary/aromatic N) is 2. The molecule has 1 fully saturated rings. The number of halogens is 5. The number of amides is 2. The summed E-state index contributed by atoms with van der Waals surface area (Å²) in [7, 11) is 1.29. The molecule has 3 aromatic carbocycles. The van der Waals surface area contributed by atoms with Gasteiger partial charge in [-0.05, 0) is 65.4 Å². The molecule has 4 rings (SSSR count). The number of carbonyl (C=O) groups excluding carboxylic acids is 2. The molecule has 0 unspecified atom stereocenters. The number of methoxy groups -OCH3 is 1. The maximum Gasteiger partial charge on any atom is 0.416 e. The minimum Gasteiger partial charge on any atom is -0.493 e. The van der Waals surface area contributed by atoms with Gasteiger partial charge in [0.25, 0.3) is 11.1 Å². The van der Waals surface area contributed by atoms with E-state index >= 15 is 0 Å². The van der Waals surface area contributed by atoms with Gasteiger partial charge in [-0.25, -0.2) is 0 Å². The highest BCUT2D eigenvalue weighted by Crippen LogP contribution is 2.41. The summed E-state index contributed by atoms with van der Waals surface area (Å²) in [5.74, 6) is -0.906. The zero-order valence-electron chi connectivity index (χ0n) is 19.6. The molecular formula is C25H15Cl2F3N2O6S. The molecular weight excluding hydrogens is 584 g/mol. The van der Waals surface area contributed by atoms with Gasteiger partial charge in [0.1, 0.15) is 0 Å².